The van der Waals surface area contributed by atoms with Crippen LogP contribution in [-0.4, -0.2) is 22.9 Å². The van der Waals surface area contributed by atoms with Crippen molar-refractivity contribution in [2.75, 3.05) is 18.0 Å². The van der Waals surface area contributed by atoms with Crippen LogP contribution in [0.25, 0.3) is 0 Å². The lowest BCUT2D eigenvalue weighted by Crippen LogP contribution is -2.39. The normalized spacial score (nSPS) is 27.1. The summed E-state index contributed by atoms with van der Waals surface area (Å²) < 4.78 is 2.00. The van der Waals surface area contributed by atoms with Crippen LogP contribution in [0.3, 0.4) is 0 Å². The molecule has 0 amide bonds. The Morgan fingerprint density at radius 2 is 1.87 bits per heavy atom. The Morgan fingerprint density at radius 1 is 1.27 bits per heavy atom. The van der Waals surface area contributed by atoms with Gasteiger partial charge in [0, 0.05) is 26.2 Å². The fourth-order valence-electron chi connectivity index (χ4n) is 2.74. The first-order chi connectivity index (χ1) is 7.06. The lowest BCUT2D eigenvalue weighted by Gasteiger charge is -2.36. The maximum Gasteiger partial charge on any atom is 0.126 e. The van der Waals surface area contributed by atoms with Crippen LogP contribution in [0.2, 0.25) is 0 Å². The first-order valence-electron chi connectivity index (χ1n) is 5.82. The van der Waals surface area contributed by atoms with Crippen molar-refractivity contribution in [1.29, 1.82) is 0 Å². The van der Waals surface area contributed by atoms with Gasteiger partial charge in [0.1, 0.15) is 5.82 Å². The number of aryl methyl sites for hydroxylation is 2. The molecule has 0 bridgehead atoms. The predicted octanol–water partition coefficient (Wildman–Crippen LogP) is 2.21. The third-order valence-corrected chi connectivity index (χ3v) is 3.17. The van der Waals surface area contributed by atoms with E-state index in [1.54, 1.807) is 0 Å². The van der Waals surface area contributed by atoms with E-state index in [-0.39, 0.29) is 0 Å². The molecule has 0 aliphatic carbocycles. The number of nitrogens with zero attached hydrogens (tertiary/aromatic N) is 3. The van der Waals surface area contributed by atoms with Gasteiger partial charge < -0.3 is 4.90 Å². The lowest BCUT2D eigenvalue weighted by atomic mass is 9.92. The highest BCUT2D eigenvalue weighted by atomic mass is 15.4. The molecule has 1 fully saturated rings. The highest BCUT2D eigenvalue weighted by Crippen LogP contribution is 2.26. The first-order valence-corrected chi connectivity index (χ1v) is 5.82. The summed E-state index contributed by atoms with van der Waals surface area (Å²) in [4.78, 5) is 2.47. The summed E-state index contributed by atoms with van der Waals surface area (Å²) in [5.74, 6) is 2.86. The zero-order chi connectivity index (χ0) is 11.0. The van der Waals surface area contributed by atoms with Crippen molar-refractivity contribution in [3.8, 4) is 0 Å². The fraction of sp³-hybridized carbons (Fsp3) is 0.750. The second-order valence-corrected chi connectivity index (χ2v) is 5.12. The summed E-state index contributed by atoms with van der Waals surface area (Å²) in [6.45, 7) is 9.07. The van der Waals surface area contributed by atoms with Crippen LogP contribution >= 0.6 is 0 Å². The smallest absolute Gasteiger partial charge is 0.126 e. The molecule has 3 heteroatoms. The van der Waals surface area contributed by atoms with E-state index in [0.29, 0.717) is 0 Å². The highest BCUT2D eigenvalue weighted by molar-refractivity contribution is 5.41. The summed E-state index contributed by atoms with van der Waals surface area (Å²) in [5.41, 5.74) is 1.11. The number of rotatable bonds is 1. The Kier molecular flexibility index (Phi) is 2.72. The summed E-state index contributed by atoms with van der Waals surface area (Å²) in [6.07, 6.45) is 1.35. The molecular weight excluding hydrogens is 186 g/mol. The Morgan fingerprint density at radius 3 is 2.33 bits per heavy atom. The molecule has 1 aliphatic heterocycles. The Balaban J connectivity index is 2.19. The molecule has 1 aromatic rings. The van der Waals surface area contributed by atoms with E-state index in [2.05, 4.69) is 36.8 Å². The van der Waals surface area contributed by atoms with E-state index < -0.39 is 0 Å². The fourth-order valence-corrected chi connectivity index (χ4v) is 2.74. The molecule has 0 spiro atoms. The van der Waals surface area contributed by atoms with Gasteiger partial charge in [0.25, 0.3) is 0 Å². The SMILES string of the molecule is Cc1cc(N2CC(C)CC(C)C2)n(C)n1. The molecule has 2 unspecified atom stereocenters. The molecule has 2 atom stereocenters. The van der Waals surface area contributed by atoms with E-state index in [1.807, 2.05) is 11.7 Å². The first kappa shape index (κ1) is 10.5. The maximum absolute atomic E-state index is 4.41. The molecule has 0 N–H and O–H groups in total. The maximum atomic E-state index is 4.41. The minimum absolute atomic E-state index is 0.795. The van der Waals surface area contributed by atoms with Crippen molar-refractivity contribution in [2.24, 2.45) is 18.9 Å². The van der Waals surface area contributed by atoms with Crippen LogP contribution < -0.4 is 4.90 Å². The molecule has 84 valence electrons. The predicted molar refractivity (Wildman–Crippen MR) is 63.1 cm³/mol. The molecule has 2 rings (SSSR count). The van der Waals surface area contributed by atoms with Gasteiger partial charge in [0.05, 0.1) is 5.69 Å². The van der Waals surface area contributed by atoms with Crippen LogP contribution in [0, 0.1) is 18.8 Å². The Hall–Kier alpha value is -0.990. The van der Waals surface area contributed by atoms with E-state index in [4.69, 9.17) is 0 Å². The van der Waals surface area contributed by atoms with Gasteiger partial charge >= 0.3 is 0 Å². The Bertz CT molecular complexity index is 333. The molecule has 1 aromatic heterocycles. The minimum atomic E-state index is 0.795. The highest BCUT2D eigenvalue weighted by Gasteiger charge is 2.23. The van der Waals surface area contributed by atoms with E-state index in [0.717, 1.165) is 17.5 Å². The average molecular weight is 207 g/mol. The molecule has 15 heavy (non-hydrogen) atoms. The van der Waals surface area contributed by atoms with Crippen molar-refractivity contribution < 1.29 is 0 Å². The number of piperidine rings is 1. The van der Waals surface area contributed by atoms with Crippen molar-refractivity contribution >= 4 is 5.82 Å². The van der Waals surface area contributed by atoms with Crippen molar-refractivity contribution in [1.82, 2.24) is 9.78 Å². The van der Waals surface area contributed by atoms with Gasteiger partial charge in [-0.25, -0.2) is 0 Å². The van der Waals surface area contributed by atoms with Gasteiger partial charge in [0.15, 0.2) is 0 Å². The summed E-state index contributed by atoms with van der Waals surface area (Å²) >= 11 is 0. The number of hydrogen-bond donors (Lipinski definition) is 0. The van der Waals surface area contributed by atoms with Gasteiger partial charge in [0.2, 0.25) is 0 Å². The summed E-state index contributed by atoms with van der Waals surface area (Å²) in [6, 6.07) is 2.19. The lowest BCUT2D eigenvalue weighted by molar-refractivity contribution is 0.353. The van der Waals surface area contributed by atoms with Crippen LogP contribution in [0.15, 0.2) is 6.07 Å². The second kappa shape index (κ2) is 3.87. The molecule has 0 radical (unpaired) electrons. The average Bonchev–Trinajstić information content (AvgIpc) is 2.43. The van der Waals surface area contributed by atoms with Crippen LogP contribution in [0.1, 0.15) is 26.0 Å². The minimum Gasteiger partial charge on any atom is -0.356 e. The van der Waals surface area contributed by atoms with E-state index >= 15 is 0 Å². The number of anilines is 1. The zero-order valence-electron chi connectivity index (χ0n) is 10.2. The molecule has 1 aliphatic rings. The van der Waals surface area contributed by atoms with E-state index in [9.17, 15) is 0 Å². The third-order valence-electron chi connectivity index (χ3n) is 3.17. The van der Waals surface area contributed by atoms with Gasteiger partial charge in [-0.15, -0.1) is 0 Å². The van der Waals surface area contributed by atoms with Crippen molar-refractivity contribution in [3.63, 3.8) is 0 Å². The van der Waals surface area contributed by atoms with Gasteiger partial charge in [-0.1, -0.05) is 13.8 Å². The molecule has 1 saturated heterocycles. The largest absolute Gasteiger partial charge is 0.356 e. The quantitative estimate of drug-likeness (QED) is 0.704. The van der Waals surface area contributed by atoms with Crippen LogP contribution in [-0.2, 0) is 7.05 Å². The van der Waals surface area contributed by atoms with Gasteiger partial charge in [-0.05, 0) is 25.2 Å². The third kappa shape index (κ3) is 2.16. The van der Waals surface area contributed by atoms with E-state index in [1.165, 1.54) is 25.3 Å². The molecular formula is C12H21N3. The number of hydrogen-bond acceptors (Lipinski definition) is 2. The monoisotopic (exact) mass is 207 g/mol. The number of aromatic nitrogens is 2. The van der Waals surface area contributed by atoms with Gasteiger partial charge in [-0.2, -0.15) is 5.10 Å². The topological polar surface area (TPSA) is 21.1 Å². The molecule has 0 aromatic carbocycles. The standard InChI is InChI=1S/C12H21N3/c1-9-5-10(2)8-15(7-9)12-6-11(3)13-14(12)4/h6,9-10H,5,7-8H2,1-4H3. The van der Waals surface area contributed by atoms with Crippen LogP contribution in [0.5, 0.6) is 0 Å². The molecule has 0 saturated carbocycles. The Labute approximate surface area is 92.1 Å². The van der Waals surface area contributed by atoms with Crippen molar-refractivity contribution in [2.45, 2.75) is 27.2 Å². The zero-order valence-corrected chi connectivity index (χ0v) is 10.2. The van der Waals surface area contributed by atoms with Crippen LogP contribution in [0.4, 0.5) is 5.82 Å². The van der Waals surface area contributed by atoms with Crippen molar-refractivity contribution in [3.05, 3.63) is 11.8 Å². The summed E-state index contributed by atoms with van der Waals surface area (Å²) in [5, 5.41) is 4.41. The summed E-state index contributed by atoms with van der Waals surface area (Å²) in [7, 11) is 2.03. The van der Waals surface area contributed by atoms with Gasteiger partial charge in [-0.3, -0.25) is 4.68 Å². The second-order valence-electron chi connectivity index (χ2n) is 5.12. The molecule has 3 nitrogen and oxygen atoms in total. The molecule has 2 heterocycles.